The molecule has 0 bridgehead atoms. The highest BCUT2D eigenvalue weighted by Gasteiger charge is 2.42. The van der Waals surface area contributed by atoms with E-state index in [0.717, 1.165) is 32.5 Å². The molecule has 0 N–H and O–H groups in total. The first-order chi connectivity index (χ1) is 9.66. The van der Waals surface area contributed by atoms with Gasteiger partial charge in [0.15, 0.2) is 0 Å². The van der Waals surface area contributed by atoms with Gasteiger partial charge < -0.3 is 9.47 Å². The van der Waals surface area contributed by atoms with Crippen LogP contribution in [0.15, 0.2) is 0 Å². The van der Waals surface area contributed by atoms with Gasteiger partial charge in [0.25, 0.3) is 0 Å². The molecule has 0 aromatic carbocycles. The van der Waals surface area contributed by atoms with Crippen molar-refractivity contribution in [3.05, 3.63) is 0 Å². The van der Waals surface area contributed by atoms with Crippen LogP contribution < -0.4 is 0 Å². The van der Waals surface area contributed by atoms with Crippen LogP contribution in [0.5, 0.6) is 0 Å². The quantitative estimate of drug-likeness (QED) is 0.744. The summed E-state index contributed by atoms with van der Waals surface area (Å²) in [6.07, 6.45) is 7.80. The molecule has 4 heteroatoms. The Hall–Kier alpha value is -0.610. The Morgan fingerprint density at radius 2 is 2.00 bits per heavy atom. The molecule has 0 aromatic rings. The largest absolute Gasteiger partial charge is 0.466 e. The van der Waals surface area contributed by atoms with E-state index in [-0.39, 0.29) is 17.6 Å². The summed E-state index contributed by atoms with van der Waals surface area (Å²) in [7, 11) is 0. The van der Waals surface area contributed by atoms with E-state index in [0.29, 0.717) is 13.0 Å². The first-order valence-electron chi connectivity index (χ1n) is 8.18. The van der Waals surface area contributed by atoms with Crippen LogP contribution >= 0.6 is 0 Å². The van der Waals surface area contributed by atoms with Crippen molar-refractivity contribution in [1.29, 1.82) is 0 Å². The third-order valence-corrected chi connectivity index (χ3v) is 4.69. The van der Waals surface area contributed by atoms with E-state index in [1.165, 1.54) is 25.7 Å². The van der Waals surface area contributed by atoms with E-state index < -0.39 is 0 Å². The second-order valence-electron chi connectivity index (χ2n) is 6.24. The zero-order valence-corrected chi connectivity index (χ0v) is 13.0. The molecular weight excluding hydrogens is 254 g/mol. The maximum Gasteiger partial charge on any atom is 0.307 e. The Balaban J connectivity index is 2.11. The lowest BCUT2D eigenvalue weighted by Crippen LogP contribution is -2.55. The van der Waals surface area contributed by atoms with Crippen LogP contribution in [0.2, 0.25) is 0 Å². The molecule has 0 aliphatic carbocycles. The summed E-state index contributed by atoms with van der Waals surface area (Å²) in [5.74, 6) is -0.0501. The zero-order valence-electron chi connectivity index (χ0n) is 13.0. The second kappa shape index (κ2) is 7.41. The Bertz CT molecular complexity index is 313. The molecule has 20 heavy (non-hydrogen) atoms. The van der Waals surface area contributed by atoms with Gasteiger partial charge in [-0.05, 0) is 52.6 Å². The van der Waals surface area contributed by atoms with Crippen LogP contribution in [0, 0.1) is 0 Å². The molecule has 116 valence electrons. The van der Waals surface area contributed by atoms with Gasteiger partial charge in [-0.2, -0.15) is 0 Å². The minimum Gasteiger partial charge on any atom is -0.466 e. The summed E-state index contributed by atoms with van der Waals surface area (Å²) in [5, 5.41) is 0. The Morgan fingerprint density at radius 1 is 1.30 bits per heavy atom. The molecule has 0 aromatic heterocycles. The number of likely N-dealkylation sites (tertiary alicyclic amines) is 1. The minimum absolute atomic E-state index is 0.0335. The Morgan fingerprint density at radius 3 is 2.60 bits per heavy atom. The third kappa shape index (κ3) is 3.95. The molecule has 2 rings (SSSR count). The molecule has 2 atom stereocenters. The van der Waals surface area contributed by atoms with Crippen molar-refractivity contribution in [2.75, 3.05) is 26.3 Å². The summed E-state index contributed by atoms with van der Waals surface area (Å²) in [4.78, 5) is 14.6. The molecule has 0 spiro atoms. The maximum absolute atomic E-state index is 12.1. The fourth-order valence-corrected chi connectivity index (χ4v) is 3.73. The minimum atomic E-state index is -0.0501. The van der Waals surface area contributed by atoms with Crippen molar-refractivity contribution in [3.63, 3.8) is 0 Å². The van der Waals surface area contributed by atoms with E-state index in [1.807, 2.05) is 6.92 Å². The highest BCUT2D eigenvalue weighted by molar-refractivity contribution is 5.71. The van der Waals surface area contributed by atoms with Gasteiger partial charge >= 0.3 is 5.97 Å². The van der Waals surface area contributed by atoms with Crippen LogP contribution in [-0.2, 0) is 14.3 Å². The van der Waals surface area contributed by atoms with Gasteiger partial charge in [0, 0.05) is 12.1 Å². The number of carbonyl (C=O) groups excluding carboxylic acids is 1. The average Bonchev–Trinajstić information content (AvgIpc) is 2.68. The number of hydrogen-bond donors (Lipinski definition) is 0. The number of hydrogen-bond acceptors (Lipinski definition) is 4. The van der Waals surface area contributed by atoms with E-state index in [1.54, 1.807) is 0 Å². The molecule has 0 radical (unpaired) electrons. The number of esters is 1. The first-order valence-corrected chi connectivity index (χ1v) is 8.18. The molecular formula is C16H29NO3. The highest BCUT2D eigenvalue weighted by atomic mass is 16.5. The molecule has 2 aliphatic rings. The first kappa shape index (κ1) is 15.8. The summed E-state index contributed by atoms with van der Waals surface area (Å²) in [6, 6.07) is 0. The van der Waals surface area contributed by atoms with Crippen LogP contribution in [-0.4, -0.2) is 48.8 Å². The fourth-order valence-electron chi connectivity index (χ4n) is 3.73. The van der Waals surface area contributed by atoms with Crippen LogP contribution in [0.3, 0.4) is 0 Å². The van der Waals surface area contributed by atoms with Gasteiger partial charge in [-0.3, -0.25) is 9.69 Å². The van der Waals surface area contributed by atoms with E-state index in [4.69, 9.17) is 9.47 Å². The number of ether oxygens (including phenoxy) is 2. The van der Waals surface area contributed by atoms with Crippen molar-refractivity contribution in [2.45, 2.75) is 70.4 Å². The van der Waals surface area contributed by atoms with Gasteiger partial charge in [-0.15, -0.1) is 0 Å². The molecule has 2 aliphatic heterocycles. The normalized spacial score (nSPS) is 32.6. The number of nitrogens with zero attached hydrogens (tertiary/aromatic N) is 1. The van der Waals surface area contributed by atoms with Gasteiger partial charge in [0.1, 0.15) is 0 Å². The predicted molar refractivity (Wildman–Crippen MR) is 78.7 cm³/mol. The molecule has 2 heterocycles. The van der Waals surface area contributed by atoms with Gasteiger partial charge in [-0.25, -0.2) is 0 Å². The average molecular weight is 283 g/mol. The van der Waals surface area contributed by atoms with Crippen molar-refractivity contribution < 1.29 is 14.3 Å². The molecule has 4 nitrogen and oxygen atoms in total. The van der Waals surface area contributed by atoms with Gasteiger partial charge in [0.2, 0.25) is 0 Å². The standard InChI is InChI=1S/C16H29NO3/c1-3-19-15(18)13-16(8-11-20-14(2)12-16)17-9-6-4-5-7-10-17/h14H,3-13H2,1-2H3. The lowest BCUT2D eigenvalue weighted by Gasteiger charge is -2.47. The molecule has 2 fully saturated rings. The molecule has 2 saturated heterocycles. The van der Waals surface area contributed by atoms with Crippen LogP contribution in [0.25, 0.3) is 0 Å². The number of carbonyl (C=O) groups is 1. The van der Waals surface area contributed by atoms with Crippen LogP contribution in [0.4, 0.5) is 0 Å². The molecule has 0 amide bonds. The van der Waals surface area contributed by atoms with Crippen molar-refractivity contribution >= 4 is 5.97 Å². The summed E-state index contributed by atoms with van der Waals surface area (Å²) in [6.45, 7) is 7.47. The summed E-state index contributed by atoms with van der Waals surface area (Å²) in [5.41, 5.74) is -0.0335. The zero-order chi connectivity index (χ0) is 14.4. The second-order valence-corrected chi connectivity index (χ2v) is 6.24. The smallest absolute Gasteiger partial charge is 0.307 e. The lowest BCUT2D eigenvalue weighted by atomic mass is 9.82. The Labute approximate surface area is 122 Å². The SMILES string of the molecule is CCOC(=O)CC1(N2CCCCCC2)CCOC(C)C1. The van der Waals surface area contributed by atoms with E-state index >= 15 is 0 Å². The predicted octanol–water partition coefficient (Wildman–Crippen LogP) is 2.75. The summed E-state index contributed by atoms with van der Waals surface area (Å²) >= 11 is 0. The van der Waals surface area contributed by atoms with E-state index in [2.05, 4.69) is 11.8 Å². The molecule has 2 unspecified atom stereocenters. The third-order valence-electron chi connectivity index (χ3n) is 4.69. The monoisotopic (exact) mass is 283 g/mol. The fraction of sp³-hybridized carbons (Fsp3) is 0.938. The highest BCUT2D eigenvalue weighted by Crippen LogP contribution is 2.36. The van der Waals surface area contributed by atoms with Gasteiger partial charge in [0.05, 0.1) is 19.1 Å². The topological polar surface area (TPSA) is 38.8 Å². The van der Waals surface area contributed by atoms with Crippen molar-refractivity contribution in [3.8, 4) is 0 Å². The maximum atomic E-state index is 12.1. The van der Waals surface area contributed by atoms with Gasteiger partial charge in [-0.1, -0.05) is 12.8 Å². The van der Waals surface area contributed by atoms with E-state index in [9.17, 15) is 4.79 Å². The summed E-state index contributed by atoms with van der Waals surface area (Å²) < 4.78 is 10.9. The Kier molecular flexibility index (Phi) is 5.85. The lowest BCUT2D eigenvalue weighted by molar-refractivity contribution is -0.150. The number of rotatable bonds is 4. The van der Waals surface area contributed by atoms with Crippen molar-refractivity contribution in [2.24, 2.45) is 0 Å². The molecule has 0 saturated carbocycles. The van der Waals surface area contributed by atoms with Crippen molar-refractivity contribution in [1.82, 2.24) is 4.90 Å². The van der Waals surface area contributed by atoms with Crippen LogP contribution in [0.1, 0.15) is 58.8 Å².